The van der Waals surface area contributed by atoms with Gasteiger partial charge in [-0.15, -0.1) is 0 Å². The Morgan fingerprint density at radius 2 is 1.75 bits per heavy atom. The van der Waals surface area contributed by atoms with E-state index in [1.807, 2.05) is 29.2 Å². The minimum Gasteiger partial charge on any atom is -0.341 e. The lowest BCUT2D eigenvalue weighted by Gasteiger charge is -2.30. The van der Waals surface area contributed by atoms with Gasteiger partial charge in [0.05, 0.1) is 5.69 Å². The van der Waals surface area contributed by atoms with Gasteiger partial charge in [-0.1, -0.05) is 37.3 Å². The van der Waals surface area contributed by atoms with Crippen molar-refractivity contribution >= 4 is 46.4 Å². The van der Waals surface area contributed by atoms with Crippen LogP contribution in [0.4, 0.5) is 14.9 Å². The second-order valence-corrected chi connectivity index (χ2v) is 9.20. The number of aromatic nitrogens is 1. The molecule has 2 aliphatic rings. The summed E-state index contributed by atoms with van der Waals surface area (Å²) in [4.78, 5) is 53.7. The summed E-state index contributed by atoms with van der Waals surface area (Å²) in [5, 5.41) is 2.85. The number of halogens is 1. The van der Waals surface area contributed by atoms with Crippen LogP contribution < -0.4 is 10.2 Å². The van der Waals surface area contributed by atoms with E-state index in [2.05, 4.69) is 12.2 Å². The molecule has 1 aromatic heterocycles. The molecule has 2 saturated heterocycles. The molecule has 2 fully saturated rings. The van der Waals surface area contributed by atoms with Gasteiger partial charge in [0.2, 0.25) is 5.91 Å². The summed E-state index contributed by atoms with van der Waals surface area (Å²) in [5.41, 5.74) is 0.750. The van der Waals surface area contributed by atoms with Gasteiger partial charge in [-0.3, -0.25) is 19.7 Å². The predicted molar refractivity (Wildman–Crippen MR) is 132 cm³/mol. The van der Waals surface area contributed by atoms with Crippen LogP contribution >= 0.6 is 0 Å². The summed E-state index contributed by atoms with van der Waals surface area (Å²) in [6.07, 6.45) is 5.05. The van der Waals surface area contributed by atoms with Gasteiger partial charge in [0.15, 0.2) is 0 Å². The van der Waals surface area contributed by atoms with E-state index in [4.69, 9.17) is 0 Å². The zero-order valence-corrected chi connectivity index (χ0v) is 19.7. The molecule has 0 unspecified atom stereocenters. The number of carbonyl (C=O) groups is 4. The Balaban J connectivity index is 1.49. The average molecular weight is 489 g/mol. The zero-order valence-electron chi connectivity index (χ0n) is 19.7. The standard InChI is InChI=1S/C27H25FN4O4/c1-17-10-12-30(13-11-17)24(33)16-31-15-18(19-6-2-4-8-22(19)31)14-20-25(34)29-27(36)32(26(20)35)23-9-5-3-7-21(23)28/h2-9,14-15,17H,10-13,16H2,1H3,(H,29,34,36)/b20-14+. The smallest absolute Gasteiger partial charge is 0.336 e. The number of barbiturate groups is 1. The van der Waals surface area contributed by atoms with E-state index in [1.54, 1.807) is 10.8 Å². The molecular weight excluding hydrogens is 463 g/mol. The molecule has 3 aromatic rings. The number of hydrogen-bond donors (Lipinski definition) is 1. The van der Waals surface area contributed by atoms with Crippen molar-refractivity contribution in [2.24, 2.45) is 5.92 Å². The molecule has 0 saturated carbocycles. The molecule has 5 rings (SSSR count). The lowest BCUT2D eigenvalue weighted by atomic mass is 9.99. The Kier molecular flexibility index (Phi) is 6.13. The normalized spacial score (nSPS) is 18.3. The van der Waals surface area contributed by atoms with Crippen LogP contribution in [0.3, 0.4) is 0 Å². The molecule has 0 aliphatic carbocycles. The van der Waals surface area contributed by atoms with Crippen molar-refractivity contribution in [2.75, 3.05) is 18.0 Å². The number of benzene rings is 2. The molecule has 3 heterocycles. The number of hydrogen-bond acceptors (Lipinski definition) is 4. The number of likely N-dealkylation sites (tertiary alicyclic amines) is 1. The Bertz CT molecular complexity index is 1420. The highest BCUT2D eigenvalue weighted by Crippen LogP contribution is 2.28. The number of nitrogens with zero attached hydrogens (tertiary/aromatic N) is 3. The molecule has 5 amide bonds. The van der Waals surface area contributed by atoms with Gasteiger partial charge < -0.3 is 9.47 Å². The summed E-state index contributed by atoms with van der Waals surface area (Å²) in [5.74, 6) is -1.95. The Labute approximate surface area is 207 Å². The third-order valence-electron chi connectivity index (χ3n) is 6.76. The Hall–Kier alpha value is -4.27. The maximum absolute atomic E-state index is 14.4. The van der Waals surface area contributed by atoms with Crippen molar-refractivity contribution in [3.63, 3.8) is 0 Å². The van der Waals surface area contributed by atoms with E-state index in [0.717, 1.165) is 42.9 Å². The quantitative estimate of drug-likeness (QED) is 0.448. The SMILES string of the molecule is CC1CCN(C(=O)Cn2cc(/C=C3\C(=O)NC(=O)N(c4ccccc4F)C3=O)c3ccccc32)CC1. The molecule has 0 spiro atoms. The number of urea groups is 1. The third-order valence-corrected chi connectivity index (χ3v) is 6.76. The number of imide groups is 2. The van der Waals surface area contributed by atoms with Gasteiger partial charge in [-0.25, -0.2) is 14.1 Å². The third kappa shape index (κ3) is 4.28. The first-order valence-corrected chi connectivity index (χ1v) is 11.8. The van der Waals surface area contributed by atoms with Crippen molar-refractivity contribution in [3.8, 4) is 0 Å². The van der Waals surface area contributed by atoms with Gasteiger partial charge in [-0.05, 0) is 43.0 Å². The molecule has 9 heteroatoms. The Morgan fingerprint density at radius 3 is 2.50 bits per heavy atom. The molecular formula is C27H25FN4O4. The molecule has 2 aliphatic heterocycles. The van der Waals surface area contributed by atoms with Gasteiger partial charge in [-0.2, -0.15) is 0 Å². The first-order chi connectivity index (χ1) is 17.3. The van der Waals surface area contributed by atoms with Crippen LogP contribution in [-0.4, -0.2) is 46.3 Å². The molecule has 1 N–H and O–H groups in total. The highest BCUT2D eigenvalue weighted by atomic mass is 19.1. The minimum atomic E-state index is -1.02. The fourth-order valence-electron chi connectivity index (χ4n) is 4.69. The predicted octanol–water partition coefficient (Wildman–Crippen LogP) is 3.71. The summed E-state index contributed by atoms with van der Waals surface area (Å²) < 4.78 is 16.2. The number of nitrogens with one attached hydrogen (secondary N) is 1. The van der Waals surface area contributed by atoms with Gasteiger partial charge in [0, 0.05) is 35.8 Å². The monoisotopic (exact) mass is 488 g/mol. The summed E-state index contributed by atoms with van der Waals surface area (Å²) in [6.45, 7) is 3.76. The second kappa shape index (κ2) is 9.41. The maximum atomic E-state index is 14.4. The maximum Gasteiger partial charge on any atom is 0.336 e. The summed E-state index contributed by atoms with van der Waals surface area (Å²) >= 11 is 0. The lowest BCUT2D eigenvalue weighted by molar-refractivity contribution is -0.133. The number of anilines is 1. The van der Waals surface area contributed by atoms with Gasteiger partial charge >= 0.3 is 6.03 Å². The van der Waals surface area contributed by atoms with Crippen LogP contribution in [0.2, 0.25) is 0 Å². The average Bonchev–Trinajstić information content (AvgIpc) is 3.20. The van der Waals surface area contributed by atoms with E-state index in [1.165, 1.54) is 24.3 Å². The van der Waals surface area contributed by atoms with Crippen molar-refractivity contribution in [3.05, 3.63) is 71.7 Å². The minimum absolute atomic E-state index is 0.00432. The number of piperidine rings is 1. The fourth-order valence-corrected chi connectivity index (χ4v) is 4.69. The van der Waals surface area contributed by atoms with E-state index in [-0.39, 0.29) is 23.7 Å². The number of fused-ring (bicyclic) bond motifs is 1. The first-order valence-electron chi connectivity index (χ1n) is 11.8. The van der Waals surface area contributed by atoms with Crippen LogP contribution in [0.5, 0.6) is 0 Å². The highest BCUT2D eigenvalue weighted by molar-refractivity contribution is 6.39. The molecule has 184 valence electrons. The molecule has 0 bridgehead atoms. The van der Waals surface area contributed by atoms with Gasteiger partial charge in [0.1, 0.15) is 17.9 Å². The molecule has 2 aromatic carbocycles. The first kappa shape index (κ1) is 23.5. The van der Waals surface area contributed by atoms with Crippen LogP contribution in [-0.2, 0) is 20.9 Å². The summed E-state index contributed by atoms with van der Waals surface area (Å²) in [7, 11) is 0. The van der Waals surface area contributed by atoms with Gasteiger partial charge in [0.25, 0.3) is 11.8 Å². The van der Waals surface area contributed by atoms with Crippen LogP contribution in [0.15, 0.2) is 60.3 Å². The number of para-hydroxylation sites is 2. The molecule has 8 nitrogen and oxygen atoms in total. The van der Waals surface area contributed by atoms with E-state index < -0.39 is 23.7 Å². The molecule has 36 heavy (non-hydrogen) atoms. The van der Waals surface area contributed by atoms with Crippen LogP contribution in [0.1, 0.15) is 25.3 Å². The zero-order chi connectivity index (χ0) is 25.4. The van der Waals surface area contributed by atoms with Crippen LogP contribution in [0.25, 0.3) is 17.0 Å². The van der Waals surface area contributed by atoms with Crippen molar-refractivity contribution in [1.29, 1.82) is 0 Å². The Morgan fingerprint density at radius 1 is 1.06 bits per heavy atom. The summed E-state index contributed by atoms with van der Waals surface area (Å²) in [6, 6.07) is 11.7. The molecule has 0 atom stereocenters. The largest absolute Gasteiger partial charge is 0.341 e. The van der Waals surface area contributed by atoms with Crippen molar-refractivity contribution in [2.45, 2.75) is 26.3 Å². The van der Waals surface area contributed by atoms with Crippen LogP contribution in [0, 0.1) is 11.7 Å². The number of amides is 5. The topological polar surface area (TPSA) is 91.7 Å². The van der Waals surface area contributed by atoms with Crippen molar-refractivity contribution in [1.82, 2.24) is 14.8 Å². The fraction of sp³-hybridized carbons (Fsp3) is 0.259. The van der Waals surface area contributed by atoms with E-state index >= 15 is 0 Å². The highest BCUT2D eigenvalue weighted by Gasteiger charge is 2.38. The lowest BCUT2D eigenvalue weighted by Crippen LogP contribution is -2.54. The number of rotatable bonds is 4. The molecule has 0 radical (unpaired) electrons. The number of carbonyl (C=O) groups excluding carboxylic acids is 4. The van der Waals surface area contributed by atoms with E-state index in [0.29, 0.717) is 16.4 Å². The second-order valence-electron chi connectivity index (χ2n) is 9.20. The van der Waals surface area contributed by atoms with Crippen molar-refractivity contribution < 1.29 is 23.6 Å². The van der Waals surface area contributed by atoms with E-state index in [9.17, 15) is 23.6 Å².